The highest BCUT2D eigenvalue weighted by atomic mass is 19.1. The number of aromatic amines is 1. The normalized spacial score (nSPS) is 14.0. The van der Waals surface area contributed by atoms with Crippen LogP contribution in [-0.4, -0.2) is 34.2 Å². The number of hydrogen-bond donors (Lipinski definition) is 4. The van der Waals surface area contributed by atoms with Crippen molar-refractivity contribution in [3.8, 4) is 0 Å². The molecule has 4 N–H and O–H groups in total. The Balaban J connectivity index is 1.87. The third-order valence-electron chi connectivity index (χ3n) is 3.84. The van der Waals surface area contributed by atoms with E-state index < -0.39 is 11.8 Å². The maximum atomic E-state index is 13.2. The molecule has 7 nitrogen and oxygen atoms in total. The Morgan fingerprint density at radius 1 is 1.32 bits per heavy atom. The van der Waals surface area contributed by atoms with E-state index in [2.05, 4.69) is 20.8 Å². The second-order valence-corrected chi connectivity index (χ2v) is 5.66. The highest BCUT2D eigenvalue weighted by Gasteiger charge is 2.21. The van der Waals surface area contributed by atoms with E-state index in [0.29, 0.717) is 35.6 Å². The minimum absolute atomic E-state index is 0.112. The molecular weight excluding hydrogens is 327 g/mol. The Kier molecular flexibility index (Phi) is 4.78. The number of carbonyl (C=O) groups is 2. The van der Waals surface area contributed by atoms with Gasteiger partial charge in [-0.05, 0) is 24.3 Å². The summed E-state index contributed by atoms with van der Waals surface area (Å²) in [5, 5.41) is 15.9. The zero-order chi connectivity index (χ0) is 17.8. The van der Waals surface area contributed by atoms with Gasteiger partial charge in [0.05, 0.1) is 29.1 Å². The van der Waals surface area contributed by atoms with Crippen molar-refractivity contribution in [1.29, 1.82) is 0 Å². The number of nitrogens with one attached hydrogen (secondary N) is 3. The van der Waals surface area contributed by atoms with E-state index in [1.165, 1.54) is 12.1 Å². The van der Waals surface area contributed by atoms with E-state index in [1.807, 2.05) is 0 Å². The molecule has 0 bridgehead atoms. The number of benzene rings is 1. The molecule has 1 aromatic carbocycles. The summed E-state index contributed by atoms with van der Waals surface area (Å²) in [5.74, 6) is -1.52. The third kappa shape index (κ3) is 4.03. The Bertz CT molecular complexity index is 844. The Hall–Kier alpha value is -3.16. The fourth-order valence-corrected chi connectivity index (χ4v) is 2.62. The minimum Gasteiger partial charge on any atom is -0.481 e. The lowest BCUT2D eigenvalue weighted by Crippen LogP contribution is -2.31. The Morgan fingerprint density at radius 3 is 2.88 bits per heavy atom. The molecule has 1 aromatic heterocycles. The predicted molar refractivity (Wildman–Crippen MR) is 90.3 cm³/mol. The van der Waals surface area contributed by atoms with Crippen molar-refractivity contribution < 1.29 is 19.1 Å². The fraction of sp³-hybridized carbons (Fsp3) is 0.235. The summed E-state index contributed by atoms with van der Waals surface area (Å²) < 4.78 is 13.2. The van der Waals surface area contributed by atoms with Gasteiger partial charge in [0.1, 0.15) is 5.82 Å². The third-order valence-corrected chi connectivity index (χ3v) is 3.84. The van der Waals surface area contributed by atoms with Crippen molar-refractivity contribution in [2.24, 2.45) is 5.10 Å². The molecule has 0 fully saturated rings. The first kappa shape index (κ1) is 16.7. The Labute approximate surface area is 142 Å². The molecule has 25 heavy (non-hydrogen) atoms. The van der Waals surface area contributed by atoms with Gasteiger partial charge in [0.25, 0.3) is 5.91 Å². The van der Waals surface area contributed by atoms with Gasteiger partial charge in [-0.2, -0.15) is 5.10 Å². The number of halogens is 1. The van der Waals surface area contributed by atoms with Crippen molar-refractivity contribution in [2.45, 2.75) is 19.3 Å². The second kappa shape index (κ2) is 7.16. The molecular formula is C17H17FN4O3. The number of H-pyrrole nitrogens is 1. The number of carboxylic acids is 1. The second-order valence-electron chi connectivity index (χ2n) is 5.66. The Morgan fingerprint density at radius 2 is 2.16 bits per heavy atom. The molecule has 0 aliphatic carbocycles. The number of carbonyl (C=O) groups excluding carboxylic acids is 1. The first-order chi connectivity index (χ1) is 12.0. The van der Waals surface area contributed by atoms with E-state index in [1.54, 1.807) is 18.2 Å². The average Bonchev–Trinajstić information content (AvgIpc) is 3.00. The first-order valence-electron chi connectivity index (χ1n) is 7.83. The van der Waals surface area contributed by atoms with E-state index in [4.69, 9.17) is 5.11 Å². The molecule has 8 heteroatoms. The highest BCUT2D eigenvalue weighted by molar-refractivity contribution is 6.04. The van der Waals surface area contributed by atoms with Gasteiger partial charge in [0.15, 0.2) is 0 Å². The zero-order valence-corrected chi connectivity index (χ0v) is 13.3. The molecule has 1 aliphatic heterocycles. The summed E-state index contributed by atoms with van der Waals surface area (Å²) in [4.78, 5) is 25.9. The van der Waals surface area contributed by atoms with Crippen LogP contribution in [0.4, 0.5) is 10.1 Å². The number of anilines is 1. The van der Waals surface area contributed by atoms with Gasteiger partial charge in [-0.15, -0.1) is 0 Å². The lowest BCUT2D eigenvalue weighted by molar-refractivity contribution is -0.136. The van der Waals surface area contributed by atoms with Gasteiger partial charge in [-0.25, -0.2) is 4.39 Å². The SMILES string of the molecule is O=C(O)CCC(=NNc1cccc(F)c1)c1cc2c([nH]1)CCNC2=O. The van der Waals surface area contributed by atoms with Crippen LogP contribution >= 0.6 is 0 Å². The van der Waals surface area contributed by atoms with Crippen molar-refractivity contribution in [1.82, 2.24) is 10.3 Å². The quantitative estimate of drug-likeness (QED) is 0.476. The van der Waals surface area contributed by atoms with Gasteiger partial charge in [0.2, 0.25) is 0 Å². The number of hydrogen-bond acceptors (Lipinski definition) is 4. The summed E-state index contributed by atoms with van der Waals surface area (Å²) in [6, 6.07) is 7.46. The minimum atomic E-state index is -0.951. The van der Waals surface area contributed by atoms with Crippen molar-refractivity contribution in [2.75, 3.05) is 12.0 Å². The van der Waals surface area contributed by atoms with Crippen LogP contribution in [0.3, 0.4) is 0 Å². The fourth-order valence-electron chi connectivity index (χ4n) is 2.62. The molecule has 2 heterocycles. The van der Waals surface area contributed by atoms with Crippen LogP contribution in [0.2, 0.25) is 0 Å². The summed E-state index contributed by atoms with van der Waals surface area (Å²) in [7, 11) is 0. The summed E-state index contributed by atoms with van der Waals surface area (Å²) in [6.45, 7) is 0.551. The van der Waals surface area contributed by atoms with Crippen molar-refractivity contribution in [3.63, 3.8) is 0 Å². The molecule has 0 spiro atoms. The molecule has 130 valence electrons. The zero-order valence-electron chi connectivity index (χ0n) is 13.3. The van der Waals surface area contributed by atoms with E-state index in [9.17, 15) is 14.0 Å². The van der Waals surface area contributed by atoms with Crippen molar-refractivity contribution >= 4 is 23.3 Å². The monoisotopic (exact) mass is 344 g/mol. The standard InChI is InChI=1S/C17H17FN4O3/c18-10-2-1-3-11(8-10)21-22-14(4-5-16(23)24)15-9-12-13(20-15)6-7-19-17(12)25/h1-3,8-9,20-21H,4-7H2,(H,19,25)(H,23,24). The number of aliphatic carboxylic acids is 1. The lowest BCUT2D eigenvalue weighted by Gasteiger charge is -2.11. The summed E-state index contributed by atoms with van der Waals surface area (Å²) >= 11 is 0. The van der Waals surface area contributed by atoms with Crippen LogP contribution in [0, 0.1) is 5.82 Å². The number of rotatable bonds is 6. The molecule has 0 radical (unpaired) electrons. The molecule has 1 aliphatic rings. The highest BCUT2D eigenvalue weighted by Crippen LogP contribution is 2.18. The molecule has 0 unspecified atom stereocenters. The number of aromatic nitrogens is 1. The molecule has 0 atom stereocenters. The summed E-state index contributed by atoms with van der Waals surface area (Å²) in [6.07, 6.45) is 0.725. The maximum absolute atomic E-state index is 13.2. The lowest BCUT2D eigenvalue weighted by atomic mass is 10.1. The molecule has 0 saturated carbocycles. The predicted octanol–water partition coefficient (Wildman–Crippen LogP) is 2.12. The first-order valence-corrected chi connectivity index (χ1v) is 7.83. The van der Waals surface area contributed by atoms with Crippen LogP contribution in [0.25, 0.3) is 0 Å². The topological polar surface area (TPSA) is 107 Å². The average molecular weight is 344 g/mol. The number of fused-ring (bicyclic) bond motifs is 1. The van der Waals surface area contributed by atoms with Gasteiger partial charge < -0.3 is 15.4 Å². The van der Waals surface area contributed by atoms with Crippen LogP contribution < -0.4 is 10.7 Å². The van der Waals surface area contributed by atoms with E-state index in [0.717, 1.165) is 5.69 Å². The van der Waals surface area contributed by atoms with Gasteiger partial charge >= 0.3 is 5.97 Å². The van der Waals surface area contributed by atoms with Gasteiger partial charge in [0, 0.05) is 25.1 Å². The smallest absolute Gasteiger partial charge is 0.303 e. The van der Waals surface area contributed by atoms with Crippen LogP contribution in [0.15, 0.2) is 35.4 Å². The molecule has 1 amide bonds. The van der Waals surface area contributed by atoms with Gasteiger partial charge in [-0.1, -0.05) is 6.07 Å². The number of amides is 1. The van der Waals surface area contributed by atoms with Gasteiger partial charge in [-0.3, -0.25) is 15.0 Å². The maximum Gasteiger partial charge on any atom is 0.303 e. The molecule has 2 aromatic rings. The van der Waals surface area contributed by atoms with Crippen molar-refractivity contribution in [3.05, 3.63) is 53.1 Å². The van der Waals surface area contributed by atoms with E-state index >= 15 is 0 Å². The largest absolute Gasteiger partial charge is 0.481 e. The number of nitrogens with zero attached hydrogens (tertiary/aromatic N) is 1. The molecule has 3 rings (SSSR count). The summed E-state index contributed by atoms with van der Waals surface area (Å²) in [5.41, 5.74) is 5.54. The number of carboxylic acid groups (broad SMARTS) is 1. The van der Waals surface area contributed by atoms with E-state index in [-0.39, 0.29) is 18.7 Å². The molecule has 0 saturated heterocycles. The number of hydrazone groups is 1. The van der Waals surface area contributed by atoms with Crippen LogP contribution in [0.5, 0.6) is 0 Å². The van der Waals surface area contributed by atoms with Crippen LogP contribution in [0.1, 0.15) is 34.6 Å². The van der Waals surface area contributed by atoms with Crippen LogP contribution in [-0.2, 0) is 11.2 Å².